The van der Waals surface area contributed by atoms with E-state index in [4.69, 9.17) is 5.73 Å². The van der Waals surface area contributed by atoms with Gasteiger partial charge in [0.05, 0.1) is 0 Å². The van der Waals surface area contributed by atoms with Crippen molar-refractivity contribution in [2.75, 3.05) is 17.6 Å². The van der Waals surface area contributed by atoms with Crippen LogP contribution in [-0.4, -0.2) is 21.6 Å². The number of anilines is 2. The van der Waals surface area contributed by atoms with E-state index in [1.165, 1.54) is 0 Å². The van der Waals surface area contributed by atoms with E-state index in [-0.39, 0.29) is 5.75 Å². The molecule has 2 rings (SSSR count). The Morgan fingerprint density at radius 3 is 2.63 bits per heavy atom. The van der Waals surface area contributed by atoms with Gasteiger partial charge in [0.1, 0.15) is 23.2 Å². The zero-order valence-electron chi connectivity index (χ0n) is 10.9. The first-order valence-electron chi connectivity index (χ1n) is 6.32. The maximum Gasteiger partial charge on any atom is 0.132 e. The van der Waals surface area contributed by atoms with Crippen molar-refractivity contribution in [2.24, 2.45) is 0 Å². The summed E-state index contributed by atoms with van der Waals surface area (Å²) >= 11 is 0. The number of nitrogens with two attached hydrogens (primary N) is 1. The molecular formula is C14H18N4O. The lowest BCUT2D eigenvalue weighted by Crippen LogP contribution is -2.09. The quantitative estimate of drug-likeness (QED) is 0.763. The van der Waals surface area contributed by atoms with Gasteiger partial charge in [-0.3, -0.25) is 0 Å². The number of hydrogen-bond donors (Lipinski definition) is 3. The zero-order chi connectivity index (χ0) is 13.7. The molecule has 1 aromatic heterocycles. The van der Waals surface area contributed by atoms with Crippen molar-refractivity contribution < 1.29 is 5.11 Å². The van der Waals surface area contributed by atoms with E-state index >= 15 is 0 Å². The van der Waals surface area contributed by atoms with Gasteiger partial charge in [-0.25, -0.2) is 9.97 Å². The van der Waals surface area contributed by atoms with E-state index in [1.54, 1.807) is 18.2 Å². The Morgan fingerprint density at radius 2 is 1.95 bits per heavy atom. The van der Waals surface area contributed by atoms with Crippen LogP contribution < -0.4 is 11.1 Å². The van der Waals surface area contributed by atoms with E-state index in [1.807, 2.05) is 19.1 Å². The molecule has 19 heavy (non-hydrogen) atoms. The number of phenolic OH excluding ortho intramolecular Hbond substituents is 1. The van der Waals surface area contributed by atoms with Gasteiger partial charge in [-0.15, -0.1) is 0 Å². The minimum Gasteiger partial charge on any atom is -0.508 e. The summed E-state index contributed by atoms with van der Waals surface area (Å²) in [7, 11) is 0. The summed E-state index contributed by atoms with van der Waals surface area (Å²) in [6.45, 7) is 2.75. The number of aromatic nitrogens is 2. The molecule has 0 saturated carbocycles. The number of hydrogen-bond acceptors (Lipinski definition) is 5. The molecule has 2 aromatic rings. The number of phenols is 1. The summed E-state index contributed by atoms with van der Waals surface area (Å²) in [4.78, 5) is 8.48. The Kier molecular flexibility index (Phi) is 4.18. The third-order valence-corrected chi connectivity index (χ3v) is 2.76. The molecule has 0 unspecified atom stereocenters. The Morgan fingerprint density at radius 1 is 1.21 bits per heavy atom. The van der Waals surface area contributed by atoms with Crippen LogP contribution in [0.25, 0.3) is 0 Å². The number of nitrogens with zero attached hydrogens (tertiary/aromatic N) is 2. The molecular weight excluding hydrogens is 240 g/mol. The van der Waals surface area contributed by atoms with Crippen LogP contribution in [0.2, 0.25) is 0 Å². The first-order valence-corrected chi connectivity index (χ1v) is 6.32. The average molecular weight is 258 g/mol. The maximum absolute atomic E-state index is 9.20. The molecule has 0 bridgehead atoms. The summed E-state index contributed by atoms with van der Waals surface area (Å²) in [5.74, 6) is 2.27. The molecule has 0 fully saturated rings. The van der Waals surface area contributed by atoms with Crippen LogP contribution in [0.1, 0.15) is 18.3 Å². The lowest BCUT2D eigenvalue weighted by molar-refractivity contribution is 0.475. The van der Waals surface area contributed by atoms with Crippen LogP contribution in [0.5, 0.6) is 5.75 Å². The number of nitrogens with one attached hydrogen (secondary N) is 1. The second-order valence-electron chi connectivity index (χ2n) is 4.29. The highest BCUT2D eigenvalue weighted by Crippen LogP contribution is 2.11. The Bertz CT molecular complexity index is 540. The molecule has 1 heterocycles. The molecule has 5 heteroatoms. The average Bonchev–Trinajstić information content (AvgIpc) is 2.40. The van der Waals surface area contributed by atoms with E-state index in [2.05, 4.69) is 15.3 Å². The minimum absolute atomic E-state index is 0.285. The molecule has 0 saturated heterocycles. The van der Waals surface area contributed by atoms with E-state index < -0.39 is 0 Å². The van der Waals surface area contributed by atoms with Gasteiger partial charge in [-0.2, -0.15) is 0 Å². The first-order chi connectivity index (χ1) is 9.17. The van der Waals surface area contributed by atoms with E-state index in [9.17, 15) is 5.11 Å². The van der Waals surface area contributed by atoms with Crippen LogP contribution in [0.4, 0.5) is 11.6 Å². The van der Waals surface area contributed by atoms with Gasteiger partial charge < -0.3 is 16.2 Å². The van der Waals surface area contributed by atoms with Crippen LogP contribution in [0.3, 0.4) is 0 Å². The molecule has 5 nitrogen and oxygen atoms in total. The number of nitrogen functional groups attached to an aromatic ring is 1. The fourth-order valence-electron chi connectivity index (χ4n) is 1.76. The second-order valence-corrected chi connectivity index (χ2v) is 4.29. The van der Waals surface area contributed by atoms with Crippen LogP contribution >= 0.6 is 0 Å². The molecule has 0 radical (unpaired) electrons. The van der Waals surface area contributed by atoms with Gasteiger partial charge in [0.25, 0.3) is 0 Å². The summed E-state index contributed by atoms with van der Waals surface area (Å²) < 4.78 is 0. The number of benzene rings is 1. The topological polar surface area (TPSA) is 84.1 Å². The van der Waals surface area contributed by atoms with Gasteiger partial charge in [-0.1, -0.05) is 19.1 Å². The summed E-state index contributed by atoms with van der Waals surface area (Å²) in [5.41, 5.74) is 6.87. The van der Waals surface area contributed by atoms with Gasteiger partial charge in [0.15, 0.2) is 0 Å². The molecule has 0 atom stereocenters. The molecule has 0 amide bonds. The first kappa shape index (κ1) is 13.1. The SMILES string of the molecule is CCc1nc(N)cc(NCCc2ccc(O)cc2)n1. The molecule has 0 aliphatic heterocycles. The fraction of sp³-hybridized carbons (Fsp3) is 0.286. The molecule has 0 aliphatic carbocycles. The highest BCUT2D eigenvalue weighted by molar-refractivity contribution is 5.44. The number of aryl methyl sites for hydroxylation is 1. The monoisotopic (exact) mass is 258 g/mol. The van der Waals surface area contributed by atoms with Gasteiger partial charge in [0, 0.05) is 19.0 Å². The summed E-state index contributed by atoms with van der Waals surface area (Å²) in [6.07, 6.45) is 1.61. The molecule has 100 valence electrons. The lowest BCUT2D eigenvalue weighted by Gasteiger charge is -2.08. The predicted molar refractivity (Wildman–Crippen MR) is 76.1 cm³/mol. The normalized spacial score (nSPS) is 10.4. The summed E-state index contributed by atoms with van der Waals surface area (Å²) in [6, 6.07) is 8.92. The fourth-order valence-corrected chi connectivity index (χ4v) is 1.76. The van der Waals surface area contributed by atoms with Crippen molar-refractivity contribution in [1.29, 1.82) is 0 Å². The minimum atomic E-state index is 0.285. The van der Waals surface area contributed by atoms with Gasteiger partial charge >= 0.3 is 0 Å². The number of aromatic hydroxyl groups is 1. The predicted octanol–water partition coefficient (Wildman–Crippen LogP) is 1.98. The third-order valence-electron chi connectivity index (χ3n) is 2.76. The van der Waals surface area contributed by atoms with Crippen molar-refractivity contribution in [1.82, 2.24) is 9.97 Å². The zero-order valence-corrected chi connectivity index (χ0v) is 10.9. The largest absolute Gasteiger partial charge is 0.508 e. The van der Waals surface area contributed by atoms with Crippen molar-refractivity contribution in [3.05, 3.63) is 41.7 Å². The van der Waals surface area contributed by atoms with Crippen molar-refractivity contribution in [3.8, 4) is 5.75 Å². The highest BCUT2D eigenvalue weighted by atomic mass is 16.3. The number of rotatable bonds is 5. The molecule has 0 spiro atoms. The molecule has 1 aromatic carbocycles. The highest BCUT2D eigenvalue weighted by Gasteiger charge is 2.01. The van der Waals surface area contributed by atoms with E-state index in [0.29, 0.717) is 5.82 Å². The van der Waals surface area contributed by atoms with Crippen LogP contribution in [0.15, 0.2) is 30.3 Å². The van der Waals surface area contributed by atoms with Gasteiger partial charge in [0.2, 0.25) is 0 Å². The van der Waals surface area contributed by atoms with Crippen molar-refractivity contribution in [3.63, 3.8) is 0 Å². The van der Waals surface area contributed by atoms with Crippen molar-refractivity contribution in [2.45, 2.75) is 19.8 Å². The third kappa shape index (κ3) is 3.84. The standard InChI is InChI=1S/C14H18N4O/c1-2-13-17-12(15)9-14(18-13)16-8-7-10-3-5-11(19)6-4-10/h3-6,9,19H,2,7-8H2,1H3,(H3,15,16,17,18). The van der Waals surface area contributed by atoms with Crippen LogP contribution in [-0.2, 0) is 12.8 Å². The van der Waals surface area contributed by atoms with Gasteiger partial charge in [-0.05, 0) is 24.1 Å². The Balaban J connectivity index is 1.92. The smallest absolute Gasteiger partial charge is 0.132 e. The molecule has 0 aliphatic rings. The van der Waals surface area contributed by atoms with Crippen molar-refractivity contribution >= 4 is 11.6 Å². The maximum atomic E-state index is 9.20. The Labute approximate surface area is 112 Å². The van der Waals surface area contributed by atoms with Crippen LogP contribution in [0, 0.1) is 0 Å². The van der Waals surface area contributed by atoms with E-state index in [0.717, 1.165) is 36.6 Å². The Hall–Kier alpha value is -2.30. The molecule has 4 N–H and O–H groups in total. The second kappa shape index (κ2) is 6.04. The summed E-state index contributed by atoms with van der Waals surface area (Å²) in [5, 5.41) is 12.4. The lowest BCUT2D eigenvalue weighted by atomic mass is 10.1.